The van der Waals surface area contributed by atoms with Crippen LogP contribution in [0.2, 0.25) is 0 Å². The Kier molecular flexibility index (Phi) is 4.31. The van der Waals surface area contributed by atoms with Gasteiger partial charge < -0.3 is 10.2 Å². The first-order valence-corrected chi connectivity index (χ1v) is 7.39. The van der Waals surface area contributed by atoms with Crippen LogP contribution in [0.1, 0.15) is 21.5 Å². The van der Waals surface area contributed by atoms with Gasteiger partial charge in [-0.3, -0.25) is 9.59 Å². The fourth-order valence-electron chi connectivity index (χ4n) is 2.66. The Labute approximate surface area is 141 Å². The maximum atomic E-state index is 13.9. The minimum atomic E-state index is -1.10. The van der Waals surface area contributed by atoms with Crippen molar-refractivity contribution >= 4 is 17.5 Å². The largest absolute Gasteiger partial charge is 0.348 e. The standard InChI is InChI=1S/C18H13F3N2O2/c1-2-17(24)23(9-14-15(20)5-11(19)6-16(14)21)12-4-3-10-8-22-18(25)13(10)7-12/h2-7H,1,8-9H2,(H,22,25). The Morgan fingerprint density at radius 2 is 1.88 bits per heavy atom. The molecule has 0 fully saturated rings. The lowest BCUT2D eigenvalue weighted by Crippen LogP contribution is -2.29. The molecule has 0 unspecified atom stereocenters. The normalized spacial score (nSPS) is 12.5. The zero-order valence-corrected chi connectivity index (χ0v) is 13.0. The number of anilines is 1. The van der Waals surface area contributed by atoms with Gasteiger partial charge in [0.05, 0.1) is 6.54 Å². The topological polar surface area (TPSA) is 49.4 Å². The predicted octanol–water partition coefficient (Wildman–Crippen LogP) is 3.07. The molecule has 25 heavy (non-hydrogen) atoms. The van der Waals surface area contributed by atoms with Crippen LogP contribution in [0.5, 0.6) is 0 Å². The van der Waals surface area contributed by atoms with Crippen molar-refractivity contribution in [1.29, 1.82) is 0 Å². The van der Waals surface area contributed by atoms with Crippen molar-refractivity contribution in [3.8, 4) is 0 Å². The number of amides is 2. The van der Waals surface area contributed by atoms with Crippen LogP contribution in [0.15, 0.2) is 43.0 Å². The molecule has 0 aliphatic carbocycles. The summed E-state index contributed by atoms with van der Waals surface area (Å²) in [5.41, 5.74) is 0.976. The molecule has 128 valence electrons. The smallest absolute Gasteiger partial charge is 0.251 e. The lowest BCUT2D eigenvalue weighted by molar-refractivity contribution is -0.114. The average Bonchev–Trinajstić information content (AvgIpc) is 2.94. The highest BCUT2D eigenvalue weighted by Gasteiger charge is 2.23. The van der Waals surface area contributed by atoms with E-state index in [2.05, 4.69) is 11.9 Å². The Bertz CT molecular complexity index is 873. The molecule has 0 atom stereocenters. The molecule has 3 rings (SSSR count). The molecule has 2 aromatic rings. The first-order valence-electron chi connectivity index (χ1n) is 7.39. The average molecular weight is 346 g/mol. The van der Waals surface area contributed by atoms with E-state index < -0.39 is 35.5 Å². The monoisotopic (exact) mass is 346 g/mol. The number of benzene rings is 2. The van der Waals surface area contributed by atoms with Crippen molar-refractivity contribution in [3.63, 3.8) is 0 Å². The minimum Gasteiger partial charge on any atom is -0.348 e. The molecule has 4 nitrogen and oxygen atoms in total. The molecule has 7 heteroatoms. The van der Waals surface area contributed by atoms with Crippen LogP contribution in [-0.2, 0) is 17.9 Å². The van der Waals surface area contributed by atoms with Crippen molar-refractivity contribution in [3.05, 3.63) is 77.1 Å². The van der Waals surface area contributed by atoms with Gasteiger partial charge in [-0.05, 0) is 23.8 Å². The van der Waals surface area contributed by atoms with E-state index >= 15 is 0 Å². The molecule has 0 spiro atoms. The maximum absolute atomic E-state index is 13.9. The molecular formula is C18H13F3N2O2. The van der Waals surface area contributed by atoms with Crippen molar-refractivity contribution in [2.45, 2.75) is 13.1 Å². The third-order valence-corrected chi connectivity index (χ3v) is 3.95. The van der Waals surface area contributed by atoms with Crippen LogP contribution >= 0.6 is 0 Å². The van der Waals surface area contributed by atoms with Crippen LogP contribution in [-0.4, -0.2) is 11.8 Å². The molecule has 1 aliphatic rings. The number of carbonyl (C=O) groups excluding carboxylic acids is 2. The van der Waals surface area contributed by atoms with E-state index in [0.29, 0.717) is 24.2 Å². The second-order valence-electron chi connectivity index (χ2n) is 5.50. The molecule has 1 N–H and O–H groups in total. The Balaban J connectivity index is 2.02. The van der Waals surface area contributed by atoms with Gasteiger partial charge in [0.15, 0.2) is 0 Å². The van der Waals surface area contributed by atoms with Crippen molar-refractivity contribution < 1.29 is 22.8 Å². The third-order valence-electron chi connectivity index (χ3n) is 3.95. The SMILES string of the molecule is C=CC(=O)N(Cc1c(F)cc(F)cc1F)c1ccc2c(c1)C(=O)NC2. The summed E-state index contributed by atoms with van der Waals surface area (Å²) in [6.45, 7) is 3.29. The Hall–Kier alpha value is -3.09. The van der Waals surface area contributed by atoms with E-state index in [4.69, 9.17) is 0 Å². The molecule has 1 aliphatic heterocycles. The number of hydrogen-bond donors (Lipinski definition) is 1. The van der Waals surface area contributed by atoms with Crippen LogP contribution in [0.25, 0.3) is 0 Å². The summed E-state index contributed by atoms with van der Waals surface area (Å²) >= 11 is 0. The fourth-order valence-corrected chi connectivity index (χ4v) is 2.66. The highest BCUT2D eigenvalue weighted by atomic mass is 19.1. The summed E-state index contributed by atoms with van der Waals surface area (Å²) in [7, 11) is 0. The zero-order valence-electron chi connectivity index (χ0n) is 13.0. The number of carbonyl (C=O) groups is 2. The van der Waals surface area contributed by atoms with Gasteiger partial charge in [0.1, 0.15) is 17.5 Å². The summed E-state index contributed by atoms with van der Waals surface area (Å²) in [5, 5.41) is 2.64. The number of halogens is 3. The summed E-state index contributed by atoms with van der Waals surface area (Å²) in [6, 6.07) is 5.79. The maximum Gasteiger partial charge on any atom is 0.251 e. The van der Waals surface area contributed by atoms with Crippen molar-refractivity contribution in [2.75, 3.05) is 4.90 Å². The fraction of sp³-hybridized carbons (Fsp3) is 0.111. The second-order valence-corrected chi connectivity index (χ2v) is 5.50. The van der Waals surface area contributed by atoms with E-state index in [9.17, 15) is 22.8 Å². The van der Waals surface area contributed by atoms with Gasteiger partial charge in [0.2, 0.25) is 0 Å². The van der Waals surface area contributed by atoms with Gasteiger partial charge >= 0.3 is 0 Å². The molecule has 0 aromatic heterocycles. The predicted molar refractivity (Wildman–Crippen MR) is 85.3 cm³/mol. The highest BCUT2D eigenvalue weighted by Crippen LogP contribution is 2.26. The molecular weight excluding hydrogens is 333 g/mol. The molecule has 0 saturated carbocycles. The Morgan fingerprint density at radius 1 is 1.20 bits per heavy atom. The summed E-state index contributed by atoms with van der Waals surface area (Å²) in [4.78, 5) is 25.0. The van der Waals surface area contributed by atoms with Gasteiger partial charge in [-0.2, -0.15) is 0 Å². The quantitative estimate of drug-likeness (QED) is 0.865. The highest BCUT2D eigenvalue weighted by molar-refractivity contribution is 6.03. The van der Waals surface area contributed by atoms with Crippen molar-refractivity contribution in [1.82, 2.24) is 5.32 Å². The Morgan fingerprint density at radius 3 is 2.52 bits per heavy atom. The minimum absolute atomic E-state index is 0.281. The molecule has 1 heterocycles. The lowest BCUT2D eigenvalue weighted by Gasteiger charge is -2.22. The number of rotatable bonds is 4. The van der Waals surface area contributed by atoms with Crippen LogP contribution in [0.4, 0.5) is 18.9 Å². The lowest BCUT2D eigenvalue weighted by atomic mass is 10.1. The number of nitrogens with zero attached hydrogens (tertiary/aromatic N) is 1. The number of hydrogen-bond acceptors (Lipinski definition) is 2. The van der Waals surface area contributed by atoms with E-state index in [1.165, 1.54) is 6.07 Å². The van der Waals surface area contributed by atoms with E-state index in [0.717, 1.165) is 16.5 Å². The van der Waals surface area contributed by atoms with E-state index in [1.807, 2.05) is 0 Å². The molecule has 0 radical (unpaired) electrons. The number of nitrogens with one attached hydrogen (secondary N) is 1. The van der Waals surface area contributed by atoms with Crippen LogP contribution in [0.3, 0.4) is 0 Å². The molecule has 0 bridgehead atoms. The van der Waals surface area contributed by atoms with E-state index in [-0.39, 0.29) is 11.6 Å². The van der Waals surface area contributed by atoms with Gasteiger partial charge in [0.25, 0.3) is 11.8 Å². The number of fused-ring (bicyclic) bond motifs is 1. The van der Waals surface area contributed by atoms with Gasteiger partial charge in [-0.1, -0.05) is 12.6 Å². The zero-order chi connectivity index (χ0) is 18.1. The third kappa shape index (κ3) is 3.13. The summed E-state index contributed by atoms with van der Waals surface area (Å²) in [5.74, 6) is -4.14. The molecule has 0 saturated heterocycles. The first kappa shape index (κ1) is 16.8. The van der Waals surface area contributed by atoms with Crippen LogP contribution in [0, 0.1) is 17.5 Å². The molecule has 2 amide bonds. The summed E-state index contributed by atoms with van der Waals surface area (Å²) < 4.78 is 40.9. The van der Waals surface area contributed by atoms with Crippen LogP contribution < -0.4 is 10.2 Å². The van der Waals surface area contributed by atoms with Gasteiger partial charge in [0, 0.05) is 35.5 Å². The van der Waals surface area contributed by atoms with Gasteiger partial charge in [-0.25, -0.2) is 13.2 Å². The van der Waals surface area contributed by atoms with Crippen molar-refractivity contribution in [2.24, 2.45) is 0 Å². The first-order chi connectivity index (χ1) is 11.9. The second kappa shape index (κ2) is 6.43. The molecule has 2 aromatic carbocycles. The van der Waals surface area contributed by atoms with Gasteiger partial charge in [-0.15, -0.1) is 0 Å². The van der Waals surface area contributed by atoms with E-state index in [1.54, 1.807) is 12.1 Å². The summed E-state index contributed by atoms with van der Waals surface area (Å²) in [6.07, 6.45) is 0.993.